The molecule has 0 aromatic rings. The maximum atomic E-state index is 8.88. The molecule has 0 spiro atoms. The minimum atomic E-state index is -4.64. The summed E-state index contributed by atoms with van der Waals surface area (Å²) in [7, 11) is -4.64. The van der Waals surface area contributed by atoms with Gasteiger partial charge in [-0.2, -0.15) is 0 Å². The van der Waals surface area contributed by atoms with E-state index in [4.69, 9.17) is 22.6 Å². The molecular formula is H4CrLiO5PTi. The number of hydrogen-bond donors (Lipinski definition) is 3. The summed E-state index contributed by atoms with van der Waals surface area (Å²) in [6, 6.07) is 0. The summed E-state index contributed by atoms with van der Waals surface area (Å²) < 4.78 is 17.1. The first kappa shape index (κ1) is 22.4. The fraction of sp³-hybridized carbons (Fsp3) is 0. The predicted octanol–water partition coefficient (Wildman–Crippen LogP) is -3.94. The van der Waals surface area contributed by atoms with E-state index in [9.17, 15) is 0 Å². The molecule has 0 aliphatic heterocycles. The minimum absolute atomic E-state index is 0. The average Bonchev–Trinajstić information content (AvgIpc) is 1.36. The van der Waals surface area contributed by atoms with Gasteiger partial charge < -0.3 is 16.1 Å². The average molecular weight is 222 g/mol. The van der Waals surface area contributed by atoms with Crippen molar-refractivity contribution in [2.45, 2.75) is 0 Å². The van der Waals surface area contributed by atoms with Crippen LogP contribution in [0.5, 0.6) is 0 Å². The van der Waals surface area contributed by atoms with Crippen LogP contribution in [-0.2, 0) is 45.7 Å². The molecule has 0 unspecified atom stereocenters. The van der Waals surface area contributed by atoms with Crippen molar-refractivity contribution in [2.75, 3.05) is 0 Å². The second-order valence-electron chi connectivity index (χ2n) is 0.513. The van der Waals surface area contributed by atoms with Crippen LogP contribution in [0, 0.1) is 0 Å². The van der Waals surface area contributed by atoms with E-state index in [-0.39, 0.29) is 37.6 Å². The molecule has 50 valence electrons. The Morgan fingerprint density at radius 3 is 1.22 bits per heavy atom. The third kappa shape index (κ3) is 191. The van der Waals surface area contributed by atoms with Gasteiger partial charge in [0.25, 0.3) is 0 Å². The van der Waals surface area contributed by atoms with E-state index in [1.807, 2.05) is 0 Å². The molecule has 0 amide bonds. The Hall–Kier alpha value is 1.75. The first-order valence-corrected chi connectivity index (χ1v) is 3.19. The molecule has 0 aromatic heterocycles. The van der Waals surface area contributed by atoms with E-state index >= 15 is 0 Å². The van der Waals surface area contributed by atoms with E-state index < -0.39 is 7.82 Å². The number of hydrogen-bond acceptors (Lipinski definition) is 2. The van der Waals surface area contributed by atoms with E-state index in [2.05, 4.69) is 0 Å². The van der Waals surface area contributed by atoms with Crippen molar-refractivity contribution in [1.29, 1.82) is 0 Å². The van der Waals surface area contributed by atoms with Gasteiger partial charge in [0.05, 0.1) is 0 Å². The van der Waals surface area contributed by atoms with Gasteiger partial charge in [-0.3, -0.25) is 0 Å². The predicted molar refractivity (Wildman–Crippen MR) is 16.1 cm³/mol. The summed E-state index contributed by atoms with van der Waals surface area (Å²) in [5.41, 5.74) is 0. The van der Waals surface area contributed by atoms with Gasteiger partial charge in [0.15, 0.2) is 0 Å². The number of phosphoric acid groups is 1. The summed E-state index contributed by atoms with van der Waals surface area (Å²) in [4.78, 5) is 21.6. The Morgan fingerprint density at radius 2 is 1.22 bits per heavy atom. The molecule has 0 rings (SSSR count). The third-order valence-corrected chi connectivity index (χ3v) is 0. The Labute approximate surface area is 88.0 Å². The molecule has 0 bridgehead atoms. The van der Waals surface area contributed by atoms with Crippen LogP contribution in [0.4, 0.5) is 0 Å². The quantitative estimate of drug-likeness (QED) is 0.287. The van der Waals surface area contributed by atoms with Gasteiger partial charge >= 0.3 is 50.4 Å². The van der Waals surface area contributed by atoms with Crippen molar-refractivity contribution in [2.24, 2.45) is 0 Å². The fourth-order valence-electron chi connectivity index (χ4n) is 0. The van der Waals surface area contributed by atoms with Crippen LogP contribution in [0.2, 0.25) is 0 Å². The summed E-state index contributed by atoms with van der Waals surface area (Å²) in [6.45, 7) is 0. The summed E-state index contributed by atoms with van der Waals surface area (Å²) in [6.07, 6.45) is 0. The molecule has 0 aliphatic rings. The van der Waals surface area contributed by atoms with Crippen LogP contribution >= 0.6 is 7.82 Å². The zero-order chi connectivity index (χ0) is 6.50. The Bertz CT molecular complexity index is 77.5. The third-order valence-electron chi connectivity index (χ3n) is 0. The van der Waals surface area contributed by atoms with Crippen molar-refractivity contribution in [1.82, 2.24) is 0 Å². The molecule has 0 saturated heterocycles. The zero-order valence-electron chi connectivity index (χ0n) is 5.51. The fourth-order valence-corrected chi connectivity index (χ4v) is 0. The van der Waals surface area contributed by atoms with Crippen molar-refractivity contribution < 1.29 is 80.6 Å². The van der Waals surface area contributed by atoms with Crippen LogP contribution in [-0.4, -0.2) is 14.7 Å². The topological polar surface area (TPSA) is 94.8 Å². The molecule has 0 saturated carbocycles. The zero-order valence-corrected chi connectivity index (χ0v) is 8.24. The summed E-state index contributed by atoms with van der Waals surface area (Å²) in [5.74, 6) is 0. The van der Waals surface area contributed by atoms with Crippen LogP contribution < -0.4 is 18.9 Å². The van der Waals surface area contributed by atoms with Gasteiger partial charge in [-0.25, -0.2) is 4.57 Å². The normalized spacial score (nSPS) is 6.89. The first-order chi connectivity index (χ1) is 3.00. The molecule has 0 atom stereocenters. The molecular weight excluding hydrogens is 218 g/mol. The monoisotopic (exact) mass is 222 g/mol. The second-order valence-corrected chi connectivity index (χ2v) is 1.54. The van der Waals surface area contributed by atoms with Crippen molar-refractivity contribution in [3.8, 4) is 0 Å². The van der Waals surface area contributed by atoms with Gasteiger partial charge in [-0.15, -0.1) is 0 Å². The van der Waals surface area contributed by atoms with Crippen molar-refractivity contribution in [3.63, 3.8) is 0 Å². The molecule has 0 aliphatic carbocycles. The van der Waals surface area contributed by atoms with Gasteiger partial charge in [-0.05, 0) is 0 Å². The van der Waals surface area contributed by atoms with E-state index in [1.165, 1.54) is 0 Å². The van der Waals surface area contributed by atoms with E-state index in [1.54, 1.807) is 0 Å². The Morgan fingerprint density at radius 1 is 1.22 bits per heavy atom. The van der Waals surface area contributed by atoms with Crippen LogP contribution in [0.3, 0.4) is 0 Å². The van der Waals surface area contributed by atoms with Gasteiger partial charge in [0.1, 0.15) is 0 Å². The molecule has 0 radical (unpaired) electrons. The Kier molecular flexibility index (Phi) is 31.0. The van der Waals surface area contributed by atoms with Crippen LogP contribution in [0.1, 0.15) is 1.43 Å². The molecule has 3 N–H and O–H groups in total. The van der Waals surface area contributed by atoms with Crippen molar-refractivity contribution >= 4 is 7.82 Å². The molecule has 9 heavy (non-hydrogen) atoms. The van der Waals surface area contributed by atoms with Gasteiger partial charge in [0, 0.05) is 17.4 Å². The molecule has 0 fully saturated rings. The molecule has 0 heterocycles. The first-order valence-electron chi connectivity index (χ1n) is 0.987. The van der Waals surface area contributed by atoms with Crippen molar-refractivity contribution in [3.05, 3.63) is 0 Å². The number of rotatable bonds is 0. The molecule has 0 aromatic carbocycles. The maximum absolute atomic E-state index is 8.88. The summed E-state index contributed by atoms with van der Waals surface area (Å²) >= 11 is 0.750. The van der Waals surface area contributed by atoms with Crippen LogP contribution in [0.25, 0.3) is 0 Å². The standard InChI is InChI=1S/Cr.Li.H3O4P.O.Ti.H/c;;1-5(2,3)4;;;/h;;(H3,1,2,3,4);;;/q;+1;;;;-1. The second kappa shape index (κ2) is 12.4. The summed E-state index contributed by atoms with van der Waals surface area (Å²) in [5, 5.41) is 0. The molecule has 5 nitrogen and oxygen atoms in total. The van der Waals surface area contributed by atoms with Gasteiger partial charge in [0.2, 0.25) is 0 Å². The van der Waals surface area contributed by atoms with E-state index in [0.717, 1.165) is 20.4 Å². The van der Waals surface area contributed by atoms with Gasteiger partial charge in [-0.1, -0.05) is 0 Å². The SMILES string of the molecule is O=P(O)(O)O.[Cr].[H-].[Li+].[O]=[Ti]. The van der Waals surface area contributed by atoms with Crippen LogP contribution in [0.15, 0.2) is 0 Å². The Balaban J connectivity index is -0.0000000154. The van der Waals surface area contributed by atoms with E-state index in [0.29, 0.717) is 0 Å². The molecule has 9 heteroatoms.